The third kappa shape index (κ3) is 3.81. The maximum Gasteiger partial charge on any atom is 0.315 e. The summed E-state index contributed by atoms with van der Waals surface area (Å²) >= 11 is 0. The van der Waals surface area contributed by atoms with Gasteiger partial charge in [0.2, 0.25) is 0 Å². The van der Waals surface area contributed by atoms with E-state index in [0.717, 1.165) is 23.9 Å². The number of aryl methyl sites for hydroxylation is 1. The maximum absolute atomic E-state index is 12.9. The van der Waals surface area contributed by atoms with Crippen molar-refractivity contribution < 1.29 is 4.79 Å². The molecule has 1 aliphatic rings. The zero-order valence-electron chi connectivity index (χ0n) is 15.7. The number of hydrogen-bond acceptors (Lipinski definition) is 4. The Morgan fingerprint density at radius 2 is 1.96 bits per heavy atom. The summed E-state index contributed by atoms with van der Waals surface area (Å²) in [6.45, 7) is 7.87. The fraction of sp³-hybridized carbons (Fsp3) is 0.526. The van der Waals surface area contributed by atoms with Gasteiger partial charge in [-0.1, -0.05) is 12.1 Å². The van der Waals surface area contributed by atoms with Crippen LogP contribution in [-0.4, -0.2) is 40.8 Å². The predicted octanol–water partition coefficient (Wildman–Crippen LogP) is 2.09. The topological polar surface area (TPSA) is 79.3 Å². The molecule has 1 aliphatic heterocycles. The molecular weight excluding hydrogens is 330 g/mol. The summed E-state index contributed by atoms with van der Waals surface area (Å²) in [5.74, 6) is 0.510. The molecule has 0 unspecified atom stereocenters. The number of carbonyl (C=O) groups excluding carboxylic acids is 1. The Bertz CT molecular complexity index is 837. The average molecular weight is 357 g/mol. The van der Waals surface area contributed by atoms with Crippen LogP contribution < -0.4 is 21.1 Å². The largest absolute Gasteiger partial charge is 0.352 e. The highest BCUT2D eigenvalue weighted by Gasteiger charge is 2.24. The van der Waals surface area contributed by atoms with Crippen LogP contribution in [0.5, 0.6) is 0 Å². The fourth-order valence-corrected chi connectivity index (χ4v) is 3.42. The van der Waals surface area contributed by atoms with Crippen LogP contribution in [0, 0.1) is 0 Å². The van der Waals surface area contributed by atoms with E-state index in [1.165, 1.54) is 0 Å². The van der Waals surface area contributed by atoms with E-state index in [9.17, 15) is 9.59 Å². The van der Waals surface area contributed by atoms with Crippen molar-refractivity contribution >= 4 is 22.9 Å². The summed E-state index contributed by atoms with van der Waals surface area (Å²) < 4.78 is 1.78. The van der Waals surface area contributed by atoms with Gasteiger partial charge in [-0.05, 0) is 45.7 Å². The van der Waals surface area contributed by atoms with Crippen LogP contribution in [0.2, 0.25) is 0 Å². The van der Waals surface area contributed by atoms with Gasteiger partial charge in [0.1, 0.15) is 0 Å². The predicted molar refractivity (Wildman–Crippen MR) is 104 cm³/mol. The molecule has 7 nitrogen and oxygen atoms in total. The number of piperidine rings is 1. The van der Waals surface area contributed by atoms with E-state index in [0.29, 0.717) is 25.5 Å². The van der Waals surface area contributed by atoms with E-state index in [-0.39, 0.29) is 23.7 Å². The van der Waals surface area contributed by atoms with Gasteiger partial charge in [0.25, 0.3) is 5.56 Å². The monoisotopic (exact) mass is 357 g/mol. The molecule has 0 saturated carbocycles. The molecule has 0 aliphatic carbocycles. The van der Waals surface area contributed by atoms with Gasteiger partial charge in [0.05, 0.1) is 11.0 Å². The molecular formula is C19H27N5O2. The van der Waals surface area contributed by atoms with Gasteiger partial charge < -0.3 is 20.1 Å². The minimum atomic E-state index is -0.129. The van der Waals surface area contributed by atoms with Gasteiger partial charge in [-0.3, -0.25) is 4.79 Å². The van der Waals surface area contributed by atoms with Crippen molar-refractivity contribution in [3.63, 3.8) is 0 Å². The van der Waals surface area contributed by atoms with Crippen molar-refractivity contribution in [1.82, 2.24) is 20.2 Å². The fourth-order valence-electron chi connectivity index (χ4n) is 3.42. The van der Waals surface area contributed by atoms with Crippen molar-refractivity contribution in [2.24, 2.45) is 0 Å². The highest BCUT2D eigenvalue weighted by molar-refractivity contribution is 5.76. The summed E-state index contributed by atoms with van der Waals surface area (Å²) in [6, 6.07) is 7.84. The van der Waals surface area contributed by atoms with Crippen LogP contribution >= 0.6 is 0 Å². The first-order valence-corrected chi connectivity index (χ1v) is 9.31. The maximum atomic E-state index is 12.9. The normalized spacial score (nSPS) is 15.5. The zero-order chi connectivity index (χ0) is 18.7. The van der Waals surface area contributed by atoms with Gasteiger partial charge in [-0.25, -0.2) is 9.78 Å². The minimum Gasteiger partial charge on any atom is -0.352 e. The van der Waals surface area contributed by atoms with Gasteiger partial charge in [0.15, 0.2) is 5.82 Å². The van der Waals surface area contributed by atoms with Crippen LogP contribution in [0.25, 0.3) is 11.0 Å². The number of nitrogens with one attached hydrogen (secondary N) is 2. The van der Waals surface area contributed by atoms with E-state index >= 15 is 0 Å². The molecule has 2 heterocycles. The Kier molecular flexibility index (Phi) is 5.44. The first kappa shape index (κ1) is 18.2. The molecule has 0 bridgehead atoms. The van der Waals surface area contributed by atoms with Gasteiger partial charge >= 0.3 is 6.03 Å². The quantitative estimate of drug-likeness (QED) is 0.878. The Morgan fingerprint density at radius 3 is 2.62 bits per heavy atom. The van der Waals surface area contributed by atoms with Crippen LogP contribution in [-0.2, 0) is 6.54 Å². The molecule has 1 aromatic heterocycles. The van der Waals surface area contributed by atoms with Crippen molar-refractivity contribution in [3.8, 4) is 0 Å². The van der Waals surface area contributed by atoms with E-state index < -0.39 is 0 Å². The highest BCUT2D eigenvalue weighted by atomic mass is 16.2. The van der Waals surface area contributed by atoms with Crippen molar-refractivity contribution in [2.75, 3.05) is 18.0 Å². The second kappa shape index (κ2) is 7.76. The van der Waals surface area contributed by atoms with E-state index in [4.69, 9.17) is 0 Å². The SMILES string of the molecule is CCn1c(=O)c(N2CCC(NC(=O)NC(C)C)CC2)nc2ccccc21. The van der Waals surface area contributed by atoms with Crippen molar-refractivity contribution in [1.29, 1.82) is 0 Å². The van der Waals surface area contributed by atoms with E-state index in [2.05, 4.69) is 15.6 Å². The summed E-state index contributed by atoms with van der Waals surface area (Å²) in [6.07, 6.45) is 1.59. The minimum absolute atomic E-state index is 0.0461. The number of hydrogen-bond donors (Lipinski definition) is 2. The number of urea groups is 1. The molecule has 1 saturated heterocycles. The first-order chi connectivity index (χ1) is 12.5. The second-order valence-corrected chi connectivity index (χ2v) is 7.01. The van der Waals surface area contributed by atoms with Crippen LogP contribution in [0.4, 0.5) is 10.6 Å². The standard InChI is InChI=1S/C19H27N5O2/c1-4-24-16-8-6-5-7-15(16)22-17(18(24)25)23-11-9-14(10-12-23)21-19(26)20-13(2)3/h5-8,13-14H,4,9-12H2,1-3H3,(H2,20,21,26). The van der Waals surface area contributed by atoms with Gasteiger partial charge in [-0.15, -0.1) is 0 Å². The molecule has 7 heteroatoms. The second-order valence-electron chi connectivity index (χ2n) is 7.01. The van der Waals surface area contributed by atoms with Gasteiger partial charge in [-0.2, -0.15) is 0 Å². The number of carbonyl (C=O) groups is 1. The number of fused-ring (bicyclic) bond motifs is 1. The number of nitrogens with zero attached hydrogens (tertiary/aromatic N) is 3. The number of para-hydroxylation sites is 2. The lowest BCUT2D eigenvalue weighted by Crippen LogP contribution is -2.50. The summed E-state index contributed by atoms with van der Waals surface area (Å²) in [7, 11) is 0. The lowest BCUT2D eigenvalue weighted by atomic mass is 10.1. The molecule has 2 aromatic rings. The van der Waals surface area contributed by atoms with Crippen LogP contribution in [0.1, 0.15) is 33.6 Å². The van der Waals surface area contributed by atoms with Crippen LogP contribution in [0.15, 0.2) is 29.1 Å². The van der Waals surface area contributed by atoms with Gasteiger partial charge in [0, 0.05) is 31.7 Å². The molecule has 26 heavy (non-hydrogen) atoms. The Morgan fingerprint density at radius 1 is 1.27 bits per heavy atom. The summed E-state index contributed by atoms with van der Waals surface area (Å²) in [5.41, 5.74) is 1.65. The molecule has 140 valence electrons. The zero-order valence-corrected chi connectivity index (χ0v) is 15.7. The first-order valence-electron chi connectivity index (χ1n) is 9.31. The molecule has 3 rings (SSSR count). The smallest absolute Gasteiger partial charge is 0.315 e. The third-order valence-corrected chi connectivity index (χ3v) is 4.70. The Labute approximate surface area is 153 Å². The Balaban J connectivity index is 1.75. The van der Waals surface area contributed by atoms with Crippen molar-refractivity contribution in [2.45, 2.75) is 52.2 Å². The number of rotatable bonds is 4. The Hall–Kier alpha value is -2.57. The molecule has 2 N–H and O–H groups in total. The molecule has 0 atom stereocenters. The summed E-state index contributed by atoms with van der Waals surface area (Å²) in [4.78, 5) is 31.4. The number of anilines is 1. The average Bonchev–Trinajstić information content (AvgIpc) is 2.61. The van der Waals surface area contributed by atoms with E-state index in [1.807, 2.05) is 49.9 Å². The lowest BCUT2D eigenvalue weighted by molar-refractivity contribution is 0.232. The van der Waals surface area contributed by atoms with E-state index in [1.54, 1.807) is 4.57 Å². The molecule has 2 amide bonds. The molecule has 1 aromatic carbocycles. The lowest BCUT2D eigenvalue weighted by Gasteiger charge is -2.33. The summed E-state index contributed by atoms with van der Waals surface area (Å²) in [5, 5.41) is 5.86. The molecule has 0 radical (unpaired) electrons. The number of aromatic nitrogens is 2. The molecule has 1 fully saturated rings. The highest BCUT2D eigenvalue weighted by Crippen LogP contribution is 2.18. The number of benzene rings is 1. The third-order valence-electron chi connectivity index (χ3n) is 4.70. The molecule has 0 spiro atoms. The number of amides is 2. The van der Waals surface area contributed by atoms with Crippen LogP contribution in [0.3, 0.4) is 0 Å². The van der Waals surface area contributed by atoms with Crippen molar-refractivity contribution in [3.05, 3.63) is 34.6 Å².